The minimum Gasteiger partial charge on any atom is -0.448 e. The molecule has 1 rings (SSSR count). The zero-order valence-corrected chi connectivity index (χ0v) is 13.2. The molecule has 0 saturated heterocycles. The lowest BCUT2D eigenvalue weighted by Gasteiger charge is -2.13. The van der Waals surface area contributed by atoms with Crippen molar-refractivity contribution < 1.29 is 9.53 Å². The van der Waals surface area contributed by atoms with Crippen LogP contribution in [0.15, 0.2) is 30.3 Å². The summed E-state index contributed by atoms with van der Waals surface area (Å²) in [5, 5.41) is 6.06. The van der Waals surface area contributed by atoms with Gasteiger partial charge in [0.15, 0.2) is 0 Å². The number of amides is 1. The number of hydrogen-bond donors (Lipinski definition) is 2. The maximum Gasteiger partial charge on any atom is 0.411 e. The number of anilines is 1. The van der Waals surface area contributed by atoms with Gasteiger partial charge in [-0.15, -0.1) is 0 Å². The van der Waals surface area contributed by atoms with Gasteiger partial charge >= 0.3 is 6.09 Å². The molecule has 1 aromatic rings. The van der Waals surface area contributed by atoms with Crippen molar-refractivity contribution in [2.24, 2.45) is 0 Å². The molecule has 2 N–H and O–H groups in total. The van der Waals surface area contributed by atoms with Gasteiger partial charge in [0.2, 0.25) is 0 Å². The van der Waals surface area contributed by atoms with Gasteiger partial charge < -0.3 is 10.1 Å². The van der Waals surface area contributed by atoms with E-state index in [1.54, 1.807) is 0 Å². The van der Waals surface area contributed by atoms with Crippen LogP contribution >= 0.6 is 0 Å². The molecule has 0 aliphatic rings. The number of benzene rings is 1. The molecule has 1 aromatic carbocycles. The van der Waals surface area contributed by atoms with E-state index in [-0.39, 0.29) is 0 Å². The van der Waals surface area contributed by atoms with Gasteiger partial charge in [-0.05, 0) is 25.5 Å². The van der Waals surface area contributed by atoms with Gasteiger partial charge in [-0.25, -0.2) is 4.79 Å². The average molecular weight is 292 g/mol. The van der Waals surface area contributed by atoms with Gasteiger partial charge in [-0.1, -0.05) is 50.8 Å². The van der Waals surface area contributed by atoms with Gasteiger partial charge in [0, 0.05) is 18.3 Å². The van der Waals surface area contributed by atoms with Crippen LogP contribution in [-0.4, -0.2) is 25.3 Å². The quantitative estimate of drug-likeness (QED) is 0.636. The van der Waals surface area contributed by atoms with E-state index in [1.165, 1.54) is 32.1 Å². The highest BCUT2D eigenvalue weighted by atomic mass is 16.5. The highest BCUT2D eigenvalue weighted by Crippen LogP contribution is 2.06. The average Bonchev–Trinajstić information content (AvgIpc) is 2.49. The van der Waals surface area contributed by atoms with Crippen LogP contribution in [0.5, 0.6) is 0 Å². The lowest BCUT2D eigenvalue weighted by molar-refractivity contribution is 0.161. The molecule has 1 amide bonds. The summed E-state index contributed by atoms with van der Waals surface area (Å²) in [6.07, 6.45) is 5.92. The number of para-hydroxylation sites is 1. The molecule has 0 aliphatic carbocycles. The van der Waals surface area contributed by atoms with Crippen LogP contribution in [0.4, 0.5) is 10.5 Å². The van der Waals surface area contributed by atoms with E-state index in [0.29, 0.717) is 19.2 Å². The molecule has 1 unspecified atom stereocenters. The molecule has 4 heteroatoms. The van der Waals surface area contributed by atoms with Crippen molar-refractivity contribution in [2.75, 3.05) is 18.5 Å². The highest BCUT2D eigenvalue weighted by molar-refractivity contribution is 5.84. The largest absolute Gasteiger partial charge is 0.448 e. The van der Waals surface area contributed by atoms with E-state index in [0.717, 1.165) is 5.69 Å². The van der Waals surface area contributed by atoms with Crippen LogP contribution in [0.1, 0.15) is 46.0 Å². The second-order valence-corrected chi connectivity index (χ2v) is 5.33. The first kappa shape index (κ1) is 17.5. The van der Waals surface area contributed by atoms with Crippen LogP contribution in [0.2, 0.25) is 0 Å². The first-order chi connectivity index (χ1) is 10.2. The monoisotopic (exact) mass is 292 g/mol. The standard InChI is InChI=1S/C17H28N2O2/c1-3-4-5-7-10-15(2)18-13-14-21-17(20)19-16-11-8-6-9-12-16/h6,8-9,11-12,15,18H,3-5,7,10,13-14H2,1-2H3,(H,19,20). The molecule has 0 bridgehead atoms. The zero-order valence-electron chi connectivity index (χ0n) is 13.2. The van der Waals surface area contributed by atoms with Gasteiger partial charge in [-0.2, -0.15) is 0 Å². The molecule has 0 aromatic heterocycles. The van der Waals surface area contributed by atoms with E-state index < -0.39 is 6.09 Å². The molecular formula is C17H28N2O2. The van der Waals surface area contributed by atoms with Crippen molar-refractivity contribution in [3.8, 4) is 0 Å². The number of carbonyl (C=O) groups is 1. The maximum absolute atomic E-state index is 11.5. The summed E-state index contributed by atoms with van der Waals surface area (Å²) in [6, 6.07) is 9.79. The topological polar surface area (TPSA) is 50.4 Å². The number of carbonyl (C=O) groups excluding carboxylic acids is 1. The normalized spacial score (nSPS) is 11.9. The Morgan fingerprint density at radius 2 is 1.95 bits per heavy atom. The third-order valence-corrected chi connectivity index (χ3v) is 3.34. The van der Waals surface area contributed by atoms with Crippen LogP contribution in [0.3, 0.4) is 0 Å². The van der Waals surface area contributed by atoms with Crippen molar-refractivity contribution >= 4 is 11.8 Å². The van der Waals surface area contributed by atoms with Crippen molar-refractivity contribution in [3.63, 3.8) is 0 Å². The van der Waals surface area contributed by atoms with E-state index in [9.17, 15) is 4.79 Å². The summed E-state index contributed by atoms with van der Waals surface area (Å²) in [6.45, 7) is 5.48. The Balaban J connectivity index is 2.01. The Morgan fingerprint density at radius 1 is 1.19 bits per heavy atom. The van der Waals surface area contributed by atoms with Crippen LogP contribution in [0, 0.1) is 0 Å². The van der Waals surface area contributed by atoms with Crippen molar-refractivity contribution in [3.05, 3.63) is 30.3 Å². The summed E-state index contributed by atoms with van der Waals surface area (Å²) < 4.78 is 5.13. The fraction of sp³-hybridized carbons (Fsp3) is 0.588. The molecule has 0 spiro atoms. The highest BCUT2D eigenvalue weighted by Gasteiger charge is 2.04. The Bertz CT molecular complexity index is 382. The molecule has 0 heterocycles. The number of unbranched alkanes of at least 4 members (excludes halogenated alkanes) is 3. The van der Waals surface area contributed by atoms with E-state index in [2.05, 4.69) is 24.5 Å². The fourth-order valence-electron chi connectivity index (χ4n) is 2.10. The summed E-state index contributed by atoms with van der Waals surface area (Å²) in [7, 11) is 0. The Labute approximate surface area is 128 Å². The summed E-state index contributed by atoms with van der Waals surface area (Å²) >= 11 is 0. The van der Waals surface area contributed by atoms with E-state index in [4.69, 9.17) is 4.74 Å². The molecule has 4 nitrogen and oxygen atoms in total. The van der Waals surface area contributed by atoms with Gasteiger partial charge in [0.1, 0.15) is 6.61 Å². The van der Waals surface area contributed by atoms with Crippen molar-refractivity contribution in [1.29, 1.82) is 0 Å². The fourth-order valence-corrected chi connectivity index (χ4v) is 2.10. The zero-order chi connectivity index (χ0) is 15.3. The lowest BCUT2D eigenvalue weighted by Crippen LogP contribution is -2.30. The first-order valence-electron chi connectivity index (χ1n) is 7.94. The summed E-state index contributed by atoms with van der Waals surface area (Å²) in [5.74, 6) is 0. The Kier molecular flexibility index (Phi) is 9.29. The van der Waals surface area contributed by atoms with Gasteiger partial charge in [-0.3, -0.25) is 5.32 Å². The molecule has 0 radical (unpaired) electrons. The van der Waals surface area contributed by atoms with Crippen LogP contribution < -0.4 is 10.6 Å². The minimum absolute atomic E-state index is 0.387. The molecule has 21 heavy (non-hydrogen) atoms. The number of hydrogen-bond acceptors (Lipinski definition) is 3. The van der Waals surface area contributed by atoms with Crippen LogP contribution in [-0.2, 0) is 4.74 Å². The van der Waals surface area contributed by atoms with E-state index >= 15 is 0 Å². The SMILES string of the molecule is CCCCCCC(C)NCCOC(=O)Nc1ccccc1. The van der Waals surface area contributed by atoms with E-state index in [1.807, 2.05) is 30.3 Å². The molecule has 0 aliphatic heterocycles. The molecule has 118 valence electrons. The lowest BCUT2D eigenvalue weighted by atomic mass is 10.1. The summed E-state index contributed by atoms with van der Waals surface area (Å²) in [4.78, 5) is 11.5. The molecule has 0 fully saturated rings. The van der Waals surface area contributed by atoms with Gasteiger partial charge in [0.05, 0.1) is 0 Å². The first-order valence-corrected chi connectivity index (χ1v) is 7.94. The smallest absolute Gasteiger partial charge is 0.411 e. The van der Waals surface area contributed by atoms with Gasteiger partial charge in [0.25, 0.3) is 0 Å². The predicted octanol–water partition coefficient (Wildman–Crippen LogP) is 4.18. The second-order valence-electron chi connectivity index (χ2n) is 5.33. The number of ether oxygens (including phenoxy) is 1. The summed E-state index contributed by atoms with van der Waals surface area (Å²) in [5.41, 5.74) is 0.750. The maximum atomic E-state index is 11.5. The van der Waals surface area contributed by atoms with Crippen molar-refractivity contribution in [2.45, 2.75) is 52.0 Å². The minimum atomic E-state index is -0.404. The number of rotatable bonds is 10. The third kappa shape index (κ3) is 9.08. The molecule has 0 saturated carbocycles. The third-order valence-electron chi connectivity index (χ3n) is 3.34. The Morgan fingerprint density at radius 3 is 2.67 bits per heavy atom. The number of nitrogens with one attached hydrogen (secondary N) is 2. The predicted molar refractivity (Wildman–Crippen MR) is 87.6 cm³/mol. The second kappa shape index (κ2) is 11.1. The molecule has 1 atom stereocenters. The Hall–Kier alpha value is -1.55. The molecular weight excluding hydrogens is 264 g/mol. The van der Waals surface area contributed by atoms with Crippen molar-refractivity contribution in [1.82, 2.24) is 5.32 Å². The van der Waals surface area contributed by atoms with Crippen LogP contribution in [0.25, 0.3) is 0 Å².